The smallest absolute Gasteiger partial charge is 0.211 e. The Kier molecular flexibility index (Phi) is 4.74. The zero-order valence-electron chi connectivity index (χ0n) is 13.1. The molecule has 0 unspecified atom stereocenters. The molecule has 3 rings (SSSR count). The number of aromatic nitrogens is 3. The van der Waals surface area contributed by atoms with Gasteiger partial charge in [-0.25, -0.2) is 13.1 Å². The molecule has 0 saturated carbocycles. The maximum absolute atomic E-state index is 11.7. The third kappa shape index (κ3) is 3.95. The minimum absolute atomic E-state index is 0.00764. The summed E-state index contributed by atoms with van der Waals surface area (Å²) < 4.78 is 28.0. The van der Waals surface area contributed by atoms with Crippen molar-refractivity contribution in [3.8, 4) is 0 Å². The van der Waals surface area contributed by atoms with Crippen LogP contribution in [0.5, 0.6) is 0 Å². The summed E-state index contributed by atoms with van der Waals surface area (Å²) in [6.07, 6.45) is 5.39. The molecule has 124 valence electrons. The molecule has 1 aliphatic heterocycles. The first-order valence-electron chi connectivity index (χ1n) is 7.68. The van der Waals surface area contributed by atoms with Gasteiger partial charge in [0, 0.05) is 44.8 Å². The quantitative estimate of drug-likeness (QED) is 0.844. The molecular formula is C15H21N5O2S. The summed E-state index contributed by atoms with van der Waals surface area (Å²) in [5, 5.41) is 4.35. The molecule has 7 nitrogen and oxygen atoms in total. The van der Waals surface area contributed by atoms with E-state index in [9.17, 15) is 8.42 Å². The van der Waals surface area contributed by atoms with Gasteiger partial charge in [0.25, 0.3) is 0 Å². The van der Waals surface area contributed by atoms with Gasteiger partial charge >= 0.3 is 0 Å². The first-order valence-corrected chi connectivity index (χ1v) is 9.33. The summed E-state index contributed by atoms with van der Waals surface area (Å²) in [5.41, 5.74) is 2.24. The lowest BCUT2D eigenvalue weighted by molar-refractivity contribution is 0.168. The number of nitrogens with zero attached hydrogens (tertiary/aromatic N) is 4. The number of hydrogen-bond donors (Lipinski definition) is 1. The zero-order valence-corrected chi connectivity index (χ0v) is 13.9. The Bertz CT molecular complexity index is 744. The third-order valence-corrected chi connectivity index (χ3v) is 5.37. The van der Waals surface area contributed by atoms with E-state index in [1.807, 2.05) is 29.1 Å². The zero-order chi connectivity index (χ0) is 16.3. The average Bonchev–Trinajstić information content (AvgIpc) is 3.02. The summed E-state index contributed by atoms with van der Waals surface area (Å²) >= 11 is 0. The van der Waals surface area contributed by atoms with Crippen molar-refractivity contribution < 1.29 is 8.42 Å². The molecule has 0 radical (unpaired) electrons. The maximum Gasteiger partial charge on any atom is 0.211 e. The van der Waals surface area contributed by atoms with Crippen LogP contribution in [0.1, 0.15) is 24.2 Å². The molecular weight excluding hydrogens is 314 g/mol. The van der Waals surface area contributed by atoms with E-state index in [1.165, 1.54) is 0 Å². The van der Waals surface area contributed by atoms with E-state index in [0.717, 1.165) is 30.9 Å². The van der Waals surface area contributed by atoms with Crippen LogP contribution in [0.25, 0.3) is 0 Å². The van der Waals surface area contributed by atoms with Crippen molar-refractivity contribution >= 4 is 10.0 Å². The van der Waals surface area contributed by atoms with E-state index < -0.39 is 10.0 Å². The van der Waals surface area contributed by atoms with Gasteiger partial charge in [0.2, 0.25) is 10.0 Å². The van der Waals surface area contributed by atoms with Gasteiger partial charge in [-0.2, -0.15) is 5.10 Å². The van der Waals surface area contributed by atoms with E-state index in [2.05, 4.69) is 19.7 Å². The summed E-state index contributed by atoms with van der Waals surface area (Å²) in [6.45, 7) is 4.32. The molecule has 0 fully saturated rings. The molecule has 3 heterocycles. The van der Waals surface area contributed by atoms with E-state index >= 15 is 0 Å². The minimum atomic E-state index is -3.20. The highest BCUT2D eigenvalue weighted by atomic mass is 32.2. The van der Waals surface area contributed by atoms with Crippen LogP contribution in [0, 0.1) is 0 Å². The fourth-order valence-corrected chi connectivity index (χ4v) is 3.46. The molecule has 1 N–H and O–H groups in total. The van der Waals surface area contributed by atoms with Gasteiger partial charge in [-0.3, -0.25) is 14.6 Å². The lowest BCUT2D eigenvalue weighted by Gasteiger charge is -2.34. The summed E-state index contributed by atoms with van der Waals surface area (Å²) in [5.74, 6) is 0.0884. The largest absolute Gasteiger partial charge is 0.291 e. The average molecular weight is 335 g/mol. The third-order valence-electron chi connectivity index (χ3n) is 4.00. The predicted molar refractivity (Wildman–Crippen MR) is 87.1 cm³/mol. The lowest BCUT2D eigenvalue weighted by Crippen LogP contribution is -2.42. The first kappa shape index (κ1) is 16.1. The Balaban J connectivity index is 1.72. The van der Waals surface area contributed by atoms with Crippen molar-refractivity contribution in [2.24, 2.45) is 0 Å². The molecule has 0 amide bonds. The first-order chi connectivity index (χ1) is 11.1. The molecule has 1 aliphatic rings. The molecule has 0 saturated heterocycles. The van der Waals surface area contributed by atoms with Crippen molar-refractivity contribution in [2.45, 2.75) is 26.1 Å². The van der Waals surface area contributed by atoms with Gasteiger partial charge in [0.05, 0.1) is 17.5 Å². The van der Waals surface area contributed by atoms with Crippen molar-refractivity contribution in [2.75, 3.05) is 18.8 Å². The molecule has 1 atom stereocenters. The van der Waals surface area contributed by atoms with Crippen molar-refractivity contribution in [3.05, 3.63) is 48.0 Å². The van der Waals surface area contributed by atoms with Crippen molar-refractivity contribution in [3.63, 3.8) is 0 Å². The van der Waals surface area contributed by atoms with Gasteiger partial charge in [-0.15, -0.1) is 0 Å². The lowest BCUT2D eigenvalue weighted by atomic mass is 10.1. The minimum Gasteiger partial charge on any atom is -0.291 e. The summed E-state index contributed by atoms with van der Waals surface area (Å²) in [4.78, 5) is 6.44. The molecule has 8 heteroatoms. The number of hydrogen-bond acceptors (Lipinski definition) is 5. The van der Waals surface area contributed by atoms with Crippen LogP contribution >= 0.6 is 0 Å². The van der Waals surface area contributed by atoms with Crippen LogP contribution in [0.4, 0.5) is 0 Å². The molecule has 2 aromatic heterocycles. The fraction of sp³-hybridized carbons (Fsp3) is 0.467. The van der Waals surface area contributed by atoms with E-state index in [4.69, 9.17) is 0 Å². The number of fused-ring (bicyclic) bond motifs is 1. The predicted octanol–water partition coefficient (Wildman–Crippen LogP) is 0.774. The Hall–Kier alpha value is -1.77. The molecule has 0 aromatic carbocycles. The normalized spacial score (nSPS) is 18.7. The molecule has 23 heavy (non-hydrogen) atoms. The summed E-state index contributed by atoms with van der Waals surface area (Å²) in [6, 6.07) is 5.95. The second-order valence-corrected chi connectivity index (χ2v) is 7.80. The Morgan fingerprint density at radius 1 is 1.35 bits per heavy atom. The fourth-order valence-electron chi connectivity index (χ4n) is 2.81. The standard InChI is InChI=1S/C15H21N5O2S/c1-2-23(21,22)18-9-15-12-19(10-13-4-3-6-16-8-13)11-14-5-7-17-20(14)15/h3-8,15,18H,2,9-12H2,1H3/t15-/m0/s1. The Morgan fingerprint density at radius 2 is 2.22 bits per heavy atom. The Morgan fingerprint density at radius 3 is 2.96 bits per heavy atom. The van der Waals surface area contributed by atoms with Crippen LogP contribution < -0.4 is 4.72 Å². The van der Waals surface area contributed by atoms with E-state index in [-0.39, 0.29) is 11.8 Å². The molecule has 0 aliphatic carbocycles. The molecule has 2 aromatic rings. The van der Waals surface area contributed by atoms with Gasteiger partial charge in [0.1, 0.15) is 0 Å². The molecule has 0 bridgehead atoms. The highest BCUT2D eigenvalue weighted by Crippen LogP contribution is 2.21. The van der Waals surface area contributed by atoms with Crippen LogP contribution in [-0.4, -0.2) is 46.9 Å². The highest BCUT2D eigenvalue weighted by Gasteiger charge is 2.26. The van der Waals surface area contributed by atoms with Crippen LogP contribution in [0.15, 0.2) is 36.8 Å². The van der Waals surface area contributed by atoms with Crippen LogP contribution in [0.3, 0.4) is 0 Å². The SMILES string of the molecule is CCS(=O)(=O)NC[C@H]1CN(Cc2cccnc2)Cc2ccnn21. The van der Waals surface area contributed by atoms with Crippen molar-refractivity contribution in [1.29, 1.82) is 0 Å². The van der Waals surface area contributed by atoms with Gasteiger partial charge in [-0.1, -0.05) is 6.07 Å². The number of rotatable bonds is 6. The topological polar surface area (TPSA) is 80.1 Å². The second kappa shape index (κ2) is 6.77. The highest BCUT2D eigenvalue weighted by molar-refractivity contribution is 7.89. The second-order valence-electron chi connectivity index (χ2n) is 5.70. The monoisotopic (exact) mass is 335 g/mol. The number of sulfonamides is 1. The maximum atomic E-state index is 11.7. The van der Waals surface area contributed by atoms with E-state index in [1.54, 1.807) is 19.3 Å². The summed E-state index contributed by atoms with van der Waals surface area (Å²) in [7, 11) is -3.20. The van der Waals surface area contributed by atoms with Gasteiger partial charge < -0.3 is 0 Å². The van der Waals surface area contributed by atoms with E-state index in [0.29, 0.717) is 6.54 Å². The van der Waals surface area contributed by atoms with Crippen molar-refractivity contribution in [1.82, 2.24) is 24.4 Å². The Labute approximate surface area is 136 Å². The number of pyridine rings is 1. The van der Waals surface area contributed by atoms with Gasteiger partial charge in [0.15, 0.2) is 0 Å². The van der Waals surface area contributed by atoms with Gasteiger partial charge in [-0.05, 0) is 24.6 Å². The van der Waals surface area contributed by atoms with Crippen LogP contribution in [-0.2, 0) is 23.1 Å². The molecule has 0 spiro atoms. The van der Waals surface area contributed by atoms with Crippen LogP contribution in [0.2, 0.25) is 0 Å². The number of nitrogens with one attached hydrogen (secondary N) is 1.